The number of hydrogen-bond acceptors (Lipinski definition) is 8. The highest BCUT2D eigenvalue weighted by molar-refractivity contribution is 5.98. The van der Waals surface area contributed by atoms with Crippen LogP contribution < -0.4 is 16.1 Å². The number of aromatic nitrogens is 2. The van der Waals surface area contributed by atoms with Gasteiger partial charge in [-0.3, -0.25) is 14.4 Å². The lowest BCUT2D eigenvalue weighted by Crippen LogP contribution is -2.35. The molecule has 10 nitrogen and oxygen atoms in total. The van der Waals surface area contributed by atoms with Crippen LogP contribution in [0.1, 0.15) is 65.2 Å². The first-order valence-electron chi connectivity index (χ1n) is 12.6. The fourth-order valence-corrected chi connectivity index (χ4v) is 4.55. The summed E-state index contributed by atoms with van der Waals surface area (Å²) in [5.41, 5.74) is 6.65. The Morgan fingerprint density at radius 2 is 1.87 bits per heavy atom. The van der Waals surface area contributed by atoms with Crippen molar-refractivity contribution in [2.75, 3.05) is 12.5 Å². The molecule has 2 aliphatic rings. The van der Waals surface area contributed by atoms with Gasteiger partial charge < -0.3 is 15.4 Å². The summed E-state index contributed by atoms with van der Waals surface area (Å²) in [6, 6.07) is 5.66. The molecule has 2 aromatic rings. The van der Waals surface area contributed by atoms with E-state index in [0.29, 0.717) is 24.1 Å². The van der Waals surface area contributed by atoms with Crippen LogP contribution in [0.2, 0.25) is 0 Å². The smallest absolute Gasteiger partial charge is 0.312 e. The minimum absolute atomic E-state index is 0.000471. The molecule has 0 aliphatic heterocycles. The number of aryl methyl sites for hydroxylation is 1. The van der Waals surface area contributed by atoms with Crippen LogP contribution in [0.3, 0.4) is 0 Å². The van der Waals surface area contributed by atoms with Crippen molar-refractivity contribution in [2.24, 2.45) is 11.0 Å². The van der Waals surface area contributed by atoms with Crippen molar-refractivity contribution in [1.82, 2.24) is 20.6 Å². The molecule has 2 aliphatic carbocycles. The molecule has 1 aromatic heterocycles. The molecular weight excluding hydrogens is 503 g/mol. The molecule has 0 saturated heterocycles. The molecule has 11 heteroatoms. The van der Waals surface area contributed by atoms with Crippen molar-refractivity contribution < 1.29 is 23.5 Å². The molecule has 2 atom stereocenters. The molecule has 0 spiro atoms. The Morgan fingerprint density at radius 3 is 2.56 bits per heavy atom. The van der Waals surface area contributed by atoms with Gasteiger partial charge in [-0.15, -0.1) is 0 Å². The molecule has 1 unspecified atom stereocenters. The van der Waals surface area contributed by atoms with Crippen LogP contribution in [0, 0.1) is 18.7 Å². The lowest BCUT2D eigenvalue weighted by molar-refractivity contribution is -0.143. The third-order valence-corrected chi connectivity index (χ3v) is 6.55. The predicted molar refractivity (Wildman–Crippen MR) is 144 cm³/mol. The quantitative estimate of drug-likeness (QED) is 0.268. The highest BCUT2D eigenvalue weighted by Crippen LogP contribution is 2.36. The van der Waals surface area contributed by atoms with E-state index in [1.165, 1.54) is 19.2 Å². The van der Waals surface area contributed by atoms with E-state index in [0.717, 1.165) is 23.1 Å². The average Bonchev–Trinajstić information content (AvgIpc) is 3.33. The van der Waals surface area contributed by atoms with E-state index in [9.17, 15) is 18.8 Å². The van der Waals surface area contributed by atoms with Gasteiger partial charge in [0, 0.05) is 18.3 Å². The molecule has 39 heavy (non-hydrogen) atoms. The third kappa shape index (κ3) is 6.73. The first kappa shape index (κ1) is 27.6. The van der Waals surface area contributed by atoms with Gasteiger partial charge >= 0.3 is 5.97 Å². The monoisotopic (exact) mass is 534 g/mol. The number of rotatable bonds is 8. The second-order valence-electron chi connectivity index (χ2n) is 9.72. The number of carbonyl (C=O) groups excluding carboxylic acids is 3. The van der Waals surface area contributed by atoms with Crippen molar-refractivity contribution in [3.05, 3.63) is 75.9 Å². The first-order valence-corrected chi connectivity index (χ1v) is 12.6. The van der Waals surface area contributed by atoms with E-state index in [2.05, 4.69) is 31.1 Å². The van der Waals surface area contributed by atoms with Crippen LogP contribution in [0.15, 0.2) is 52.7 Å². The number of esters is 1. The normalized spacial score (nSPS) is 17.8. The van der Waals surface area contributed by atoms with E-state index in [1.807, 2.05) is 6.08 Å². The van der Waals surface area contributed by atoms with Crippen molar-refractivity contribution in [2.45, 2.75) is 52.6 Å². The lowest BCUT2D eigenvalue weighted by Gasteiger charge is -2.20. The van der Waals surface area contributed by atoms with Gasteiger partial charge in [0.05, 0.1) is 19.1 Å². The molecule has 4 rings (SSSR count). The van der Waals surface area contributed by atoms with Crippen LogP contribution >= 0.6 is 0 Å². The van der Waals surface area contributed by atoms with E-state index in [1.54, 1.807) is 39.0 Å². The fourth-order valence-electron chi connectivity index (χ4n) is 4.55. The zero-order valence-corrected chi connectivity index (χ0v) is 22.3. The van der Waals surface area contributed by atoms with Crippen molar-refractivity contribution >= 4 is 29.4 Å². The standard InChI is InChI=1S/C28H31FN6O4/c1-15(2)34-35-28-32-23(25(36)30-14-17-5-9-21(29)16(3)11-17)13-24(33-28)26(37)31-22-10-7-18-12-19(27(38)39-4)6-8-20(18)22/h5-6,8-9,11,13,19,22H,7,10,12,14H2,1-4H3,(H,30,36)(H,31,37)(H,32,33,35)/t19?,22-/m0/s1. The van der Waals surface area contributed by atoms with E-state index >= 15 is 0 Å². The third-order valence-electron chi connectivity index (χ3n) is 6.55. The number of methoxy groups -OCH3 is 1. The second-order valence-corrected chi connectivity index (χ2v) is 9.72. The summed E-state index contributed by atoms with van der Waals surface area (Å²) in [5.74, 6) is -1.92. The summed E-state index contributed by atoms with van der Waals surface area (Å²) in [6.45, 7) is 5.35. The molecular formula is C28H31FN6O4. The summed E-state index contributed by atoms with van der Waals surface area (Å²) >= 11 is 0. The maximum Gasteiger partial charge on any atom is 0.312 e. The summed E-state index contributed by atoms with van der Waals surface area (Å²) < 4.78 is 18.4. The summed E-state index contributed by atoms with van der Waals surface area (Å²) in [7, 11) is 1.37. The maximum absolute atomic E-state index is 13.6. The highest BCUT2D eigenvalue weighted by atomic mass is 19.1. The fraction of sp³-hybridized carbons (Fsp3) is 0.357. The van der Waals surface area contributed by atoms with Crippen molar-refractivity contribution in [3.63, 3.8) is 0 Å². The summed E-state index contributed by atoms with van der Waals surface area (Å²) in [5, 5.41) is 9.82. The van der Waals surface area contributed by atoms with E-state index in [4.69, 9.17) is 4.74 Å². The Hall–Kier alpha value is -4.41. The largest absolute Gasteiger partial charge is 0.469 e. The average molecular weight is 535 g/mol. The number of carbonyl (C=O) groups is 3. The molecule has 3 N–H and O–H groups in total. The lowest BCUT2D eigenvalue weighted by atomic mass is 9.90. The van der Waals surface area contributed by atoms with Crippen LogP contribution in [0.4, 0.5) is 10.3 Å². The van der Waals surface area contributed by atoms with Crippen LogP contribution in [0.25, 0.3) is 0 Å². The Morgan fingerprint density at radius 1 is 1.13 bits per heavy atom. The molecule has 204 valence electrons. The van der Waals surface area contributed by atoms with Gasteiger partial charge in [0.2, 0.25) is 5.95 Å². The first-order chi connectivity index (χ1) is 18.6. The van der Waals surface area contributed by atoms with Gasteiger partial charge in [0.15, 0.2) is 0 Å². The number of ether oxygens (including phenoxy) is 1. The zero-order valence-electron chi connectivity index (χ0n) is 22.3. The molecule has 0 bridgehead atoms. The minimum Gasteiger partial charge on any atom is -0.469 e. The van der Waals surface area contributed by atoms with Gasteiger partial charge in [-0.1, -0.05) is 29.9 Å². The van der Waals surface area contributed by atoms with Gasteiger partial charge in [0.25, 0.3) is 11.8 Å². The second kappa shape index (κ2) is 12.0. The molecule has 1 aromatic carbocycles. The minimum atomic E-state index is -0.524. The zero-order chi connectivity index (χ0) is 28.1. The van der Waals surface area contributed by atoms with Crippen molar-refractivity contribution in [1.29, 1.82) is 0 Å². The summed E-state index contributed by atoms with van der Waals surface area (Å²) in [6.07, 6.45) is 5.70. The molecule has 0 fully saturated rings. The Labute approximate surface area is 225 Å². The highest BCUT2D eigenvalue weighted by Gasteiger charge is 2.32. The topological polar surface area (TPSA) is 135 Å². The van der Waals surface area contributed by atoms with Gasteiger partial charge in [0.1, 0.15) is 17.2 Å². The number of nitrogens with zero attached hydrogens (tertiary/aromatic N) is 3. The van der Waals surface area contributed by atoms with E-state index in [-0.39, 0.29) is 47.6 Å². The number of halogens is 1. The van der Waals surface area contributed by atoms with Gasteiger partial charge in [-0.2, -0.15) is 5.10 Å². The number of hydrogen-bond donors (Lipinski definition) is 3. The Kier molecular flexibility index (Phi) is 8.48. The number of allylic oxidation sites excluding steroid dienone is 1. The molecule has 0 radical (unpaired) electrons. The number of nitrogens with one attached hydrogen (secondary N) is 3. The molecule has 2 amide bonds. The molecule has 0 saturated carbocycles. The van der Waals surface area contributed by atoms with Crippen molar-refractivity contribution in [3.8, 4) is 0 Å². The van der Waals surface area contributed by atoms with Crippen LogP contribution in [-0.4, -0.2) is 46.6 Å². The summed E-state index contributed by atoms with van der Waals surface area (Å²) in [4.78, 5) is 46.6. The van der Waals surface area contributed by atoms with Gasteiger partial charge in [-0.05, 0) is 62.8 Å². The molecule has 1 heterocycles. The number of amides is 2. The van der Waals surface area contributed by atoms with Crippen LogP contribution in [0.5, 0.6) is 0 Å². The number of hydrazone groups is 1. The SMILES string of the molecule is COC(=O)C1C=CC2=C(CC[C@@H]2NC(=O)c2cc(C(=O)NCc3ccc(F)c(C)c3)nc(NN=C(C)C)n2)C1. The van der Waals surface area contributed by atoms with Gasteiger partial charge in [-0.25, -0.2) is 19.8 Å². The van der Waals surface area contributed by atoms with Crippen LogP contribution in [-0.2, 0) is 16.1 Å². The number of benzene rings is 1. The predicted octanol–water partition coefficient (Wildman–Crippen LogP) is 3.60. The maximum atomic E-state index is 13.6. The Bertz CT molecular complexity index is 1400. The van der Waals surface area contributed by atoms with E-state index < -0.39 is 11.8 Å². The number of anilines is 1. The Balaban J connectivity index is 1.51.